The average Bonchev–Trinajstić information content (AvgIpc) is 2.49. The minimum atomic E-state index is -0.624. The molecule has 0 bridgehead atoms. The van der Waals surface area contributed by atoms with E-state index < -0.39 is 5.82 Å². The molecule has 0 aromatic heterocycles. The highest BCUT2D eigenvalue weighted by atomic mass is 127. The summed E-state index contributed by atoms with van der Waals surface area (Å²) in [5, 5.41) is 15.3. The number of rotatable bonds is 8. The average molecular weight is 439 g/mol. The Kier molecular flexibility index (Phi) is 11.8. The molecule has 132 valence electrons. The number of aromatic hydroxyl groups is 1. The van der Waals surface area contributed by atoms with Gasteiger partial charge in [0.05, 0.1) is 6.61 Å². The molecule has 0 spiro atoms. The van der Waals surface area contributed by atoms with Crippen molar-refractivity contribution >= 4 is 29.9 Å². The number of aliphatic imine (C=N–C) groups is 1. The van der Waals surface area contributed by atoms with Crippen LogP contribution in [0.1, 0.15) is 25.8 Å². The Labute approximate surface area is 154 Å². The van der Waals surface area contributed by atoms with Crippen LogP contribution in [0.4, 0.5) is 4.39 Å². The number of phenols is 1. The van der Waals surface area contributed by atoms with Crippen molar-refractivity contribution in [2.24, 2.45) is 10.9 Å². The summed E-state index contributed by atoms with van der Waals surface area (Å²) in [6.45, 7) is 6.78. The lowest BCUT2D eigenvalue weighted by Gasteiger charge is -2.12. The number of hydrogen-bond donors (Lipinski definition) is 3. The topological polar surface area (TPSA) is 65.9 Å². The van der Waals surface area contributed by atoms with Crippen LogP contribution in [0.25, 0.3) is 0 Å². The summed E-state index contributed by atoms with van der Waals surface area (Å²) < 4.78 is 18.7. The van der Waals surface area contributed by atoms with Crippen molar-refractivity contribution in [3.63, 3.8) is 0 Å². The van der Waals surface area contributed by atoms with Gasteiger partial charge in [-0.3, -0.25) is 4.99 Å². The molecule has 5 nitrogen and oxygen atoms in total. The standard InChI is InChI=1S/C16H26FN3O2.HI/c1-12(2)6-8-22-9-7-19-16(18-3)20-11-13-4-5-15(21)14(17)10-13;/h4-5,10,12,21H,6-9,11H2,1-3H3,(H2,18,19,20);1H. The predicted molar refractivity (Wildman–Crippen MR) is 102 cm³/mol. The van der Waals surface area contributed by atoms with E-state index in [1.54, 1.807) is 13.1 Å². The Bertz CT molecular complexity index is 484. The van der Waals surface area contributed by atoms with Crippen LogP contribution < -0.4 is 10.6 Å². The van der Waals surface area contributed by atoms with Crippen molar-refractivity contribution < 1.29 is 14.2 Å². The molecule has 1 aromatic carbocycles. The van der Waals surface area contributed by atoms with Crippen LogP contribution in [-0.4, -0.2) is 37.9 Å². The second kappa shape index (κ2) is 12.3. The summed E-state index contributed by atoms with van der Waals surface area (Å²) >= 11 is 0. The normalized spacial score (nSPS) is 11.3. The molecule has 23 heavy (non-hydrogen) atoms. The number of phenolic OH excluding ortho intramolecular Hbond substituents is 1. The van der Waals surface area contributed by atoms with Gasteiger partial charge in [-0.15, -0.1) is 24.0 Å². The van der Waals surface area contributed by atoms with Crippen LogP contribution in [0.3, 0.4) is 0 Å². The van der Waals surface area contributed by atoms with Crippen LogP contribution in [0, 0.1) is 11.7 Å². The summed E-state index contributed by atoms with van der Waals surface area (Å²) in [5.41, 5.74) is 0.728. The monoisotopic (exact) mass is 439 g/mol. The third kappa shape index (κ3) is 9.60. The zero-order valence-corrected chi connectivity index (χ0v) is 16.3. The molecule has 1 rings (SSSR count). The molecule has 0 heterocycles. The number of nitrogens with one attached hydrogen (secondary N) is 2. The minimum absolute atomic E-state index is 0. The first-order valence-corrected chi connectivity index (χ1v) is 7.52. The molecule has 0 amide bonds. The summed E-state index contributed by atoms with van der Waals surface area (Å²) in [4.78, 5) is 4.08. The highest BCUT2D eigenvalue weighted by Gasteiger charge is 2.03. The fraction of sp³-hybridized carbons (Fsp3) is 0.562. The van der Waals surface area contributed by atoms with Crippen LogP contribution in [0.15, 0.2) is 23.2 Å². The van der Waals surface area contributed by atoms with Crippen molar-refractivity contribution in [2.45, 2.75) is 26.8 Å². The summed E-state index contributed by atoms with van der Waals surface area (Å²) in [6.07, 6.45) is 1.05. The van der Waals surface area contributed by atoms with E-state index in [0.717, 1.165) is 18.6 Å². The fourth-order valence-corrected chi connectivity index (χ4v) is 1.73. The molecule has 0 saturated heterocycles. The Hall–Kier alpha value is -1.09. The zero-order chi connectivity index (χ0) is 16.4. The van der Waals surface area contributed by atoms with Crippen molar-refractivity contribution in [1.29, 1.82) is 0 Å². The van der Waals surface area contributed by atoms with Gasteiger partial charge in [-0.2, -0.15) is 0 Å². The summed E-state index contributed by atoms with van der Waals surface area (Å²) in [7, 11) is 1.67. The van der Waals surface area contributed by atoms with Crippen LogP contribution >= 0.6 is 24.0 Å². The minimum Gasteiger partial charge on any atom is -0.505 e. The molecule has 0 unspecified atom stereocenters. The highest BCUT2D eigenvalue weighted by Crippen LogP contribution is 2.15. The number of nitrogens with zero attached hydrogens (tertiary/aromatic N) is 1. The first-order valence-electron chi connectivity index (χ1n) is 7.52. The lowest BCUT2D eigenvalue weighted by molar-refractivity contribution is 0.128. The van der Waals surface area contributed by atoms with Gasteiger partial charge in [0.2, 0.25) is 0 Å². The molecule has 0 aliphatic rings. The number of hydrogen-bond acceptors (Lipinski definition) is 3. The van der Waals surface area contributed by atoms with Gasteiger partial charge in [-0.1, -0.05) is 19.9 Å². The largest absolute Gasteiger partial charge is 0.505 e. The zero-order valence-electron chi connectivity index (χ0n) is 13.9. The van der Waals surface area contributed by atoms with Gasteiger partial charge in [0.15, 0.2) is 17.5 Å². The van der Waals surface area contributed by atoms with E-state index in [1.165, 1.54) is 12.1 Å². The van der Waals surface area contributed by atoms with Gasteiger partial charge < -0.3 is 20.5 Å². The Balaban J connectivity index is 0.00000484. The summed E-state index contributed by atoms with van der Waals surface area (Å²) in [5.74, 6) is 0.305. The lowest BCUT2D eigenvalue weighted by atomic mass is 10.1. The summed E-state index contributed by atoms with van der Waals surface area (Å²) in [6, 6.07) is 4.30. The molecule has 0 atom stereocenters. The second-order valence-corrected chi connectivity index (χ2v) is 5.43. The second-order valence-electron chi connectivity index (χ2n) is 5.43. The number of guanidine groups is 1. The van der Waals surface area contributed by atoms with Crippen molar-refractivity contribution in [3.8, 4) is 5.75 Å². The number of halogens is 2. The third-order valence-electron chi connectivity index (χ3n) is 3.07. The smallest absolute Gasteiger partial charge is 0.191 e. The van der Waals surface area contributed by atoms with Gasteiger partial charge in [-0.25, -0.2) is 4.39 Å². The molecule has 0 aliphatic carbocycles. The van der Waals surface area contributed by atoms with Crippen molar-refractivity contribution in [1.82, 2.24) is 10.6 Å². The van der Waals surface area contributed by atoms with E-state index in [9.17, 15) is 4.39 Å². The predicted octanol–water partition coefficient (Wildman–Crippen LogP) is 2.88. The molecule has 3 N–H and O–H groups in total. The Morgan fingerprint density at radius 1 is 1.30 bits per heavy atom. The number of benzene rings is 1. The lowest BCUT2D eigenvalue weighted by Crippen LogP contribution is -2.38. The van der Waals surface area contributed by atoms with Gasteiger partial charge in [-0.05, 0) is 30.0 Å². The molecule has 0 aliphatic heterocycles. The highest BCUT2D eigenvalue weighted by molar-refractivity contribution is 14.0. The van der Waals surface area contributed by atoms with E-state index in [2.05, 4.69) is 29.5 Å². The van der Waals surface area contributed by atoms with Gasteiger partial charge in [0.25, 0.3) is 0 Å². The van der Waals surface area contributed by atoms with E-state index in [1.807, 2.05) is 0 Å². The van der Waals surface area contributed by atoms with Crippen molar-refractivity contribution in [3.05, 3.63) is 29.6 Å². The third-order valence-corrected chi connectivity index (χ3v) is 3.07. The molecule has 0 fully saturated rings. The SMILES string of the molecule is CN=C(NCCOCCC(C)C)NCc1ccc(O)c(F)c1.I. The molecule has 0 saturated carbocycles. The van der Waals surface area contributed by atoms with Crippen molar-refractivity contribution in [2.75, 3.05) is 26.8 Å². The Morgan fingerprint density at radius 2 is 2.04 bits per heavy atom. The molecule has 1 aromatic rings. The maximum absolute atomic E-state index is 13.2. The van der Waals surface area contributed by atoms with Crippen LogP contribution in [0.5, 0.6) is 5.75 Å². The van der Waals surface area contributed by atoms with Crippen LogP contribution in [-0.2, 0) is 11.3 Å². The van der Waals surface area contributed by atoms with E-state index >= 15 is 0 Å². The Morgan fingerprint density at radius 3 is 2.65 bits per heavy atom. The first-order chi connectivity index (χ1) is 10.5. The maximum atomic E-state index is 13.2. The molecular formula is C16H27FIN3O2. The van der Waals surface area contributed by atoms with E-state index in [-0.39, 0.29) is 29.7 Å². The fourth-order valence-electron chi connectivity index (χ4n) is 1.73. The van der Waals surface area contributed by atoms with Gasteiger partial charge in [0.1, 0.15) is 0 Å². The maximum Gasteiger partial charge on any atom is 0.191 e. The van der Waals surface area contributed by atoms with Gasteiger partial charge in [0, 0.05) is 26.7 Å². The quantitative estimate of drug-likeness (QED) is 0.252. The van der Waals surface area contributed by atoms with E-state index in [0.29, 0.717) is 31.6 Å². The van der Waals surface area contributed by atoms with E-state index in [4.69, 9.17) is 9.84 Å². The molecule has 0 radical (unpaired) electrons. The van der Waals surface area contributed by atoms with Gasteiger partial charge >= 0.3 is 0 Å². The number of ether oxygens (including phenoxy) is 1. The first kappa shape index (κ1) is 21.9. The molecule has 7 heteroatoms. The van der Waals surface area contributed by atoms with Crippen LogP contribution in [0.2, 0.25) is 0 Å². The molecular weight excluding hydrogens is 412 g/mol.